The van der Waals surface area contributed by atoms with E-state index in [4.69, 9.17) is 48.5 Å². The molecule has 13 heteroatoms. The van der Waals surface area contributed by atoms with Crippen LogP contribution in [0.25, 0.3) is 0 Å². The van der Waals surface area contributed by atoms with Gasteiger partial charge in [-0.1, -0.05) is 71.2 Å². The number of halogens is 4. The van der Waals surface area contributed by atoms with Crippen LogP contribution in [0, 0.1) is 5.82 Å². The van der Waals surface area contributed by atoms with Crippen molar-refractivity contribution in [1.29, 1.82) is 0 Å². The minimum atomic E-state index is -3.63. The van der Waals surface area contributed by atoms with Gasteiger partial charge in [-0.2, -0.15) is 8.42 Å². The van der Waals surface area contributed by atoms with E-state index in [1.807, 2.05) is 0 Å². The third-order valence-corrected chi connectivity index (χ3v) is 7.44. The Hall–Kier alpha value is -2.50. The fourth-order valence-electron chi connectivity index (χ4n) is 3.47. The molecule has 0 N–H and O–H groups in total. The van der Waals surface area contributed by atoms with Crippen molar-refractivity contribution in [1.82, 2.24) is 0 Å². The first-order valence-electron chi connectivity index (χ1n) is 12.1. The molecule has 0 aromatic heterocycles. The number of hydrogen-bond acceptors (Lipinski definition) is 8. The summed E-state index contributed by atoms with van der Waals surface area (Å²) in [6, 6.07) is 18.8. The van der Waals surface area contributed by atoms with Gasteiger partial charge in [0.05, 0.1) is 11.8 Å². The number of rotatable bonds is 13. The summed E-state index contributed by atoms with van der Waals surface area (Å²) in [5, 5.41) is -0.616. The number of hydrogen-bond donors (Lipinski definition) is 0. The maximum atomic E-state index is 13.2. The number of carbonyl (C=O) groups is 2. The Labute approximate surface area is 257 Å². The molecule has 3 aromatic rings. The predicted molar refractivity (Wildman–Crippen MR) is 159 cm³/mol. The molecule has 7 nitrogen and oxygen atoms in total. The van der Waals surface area contributed by atoms with E-state index in [1.165, 1.54) is 36.0 Å². The first kappa shape index (κ1) is 33.0. The summed E-state index contributed by atoms with van der Waals surface area (Å²) >= 11 is 18.5. The van der Waals surface area contributed by atoms with Gasteiger partial charge in [-0.25, -0.2) is 9.18 Å². The smallest absolute Gasteiger partial charge is 0.338 e. The first-order chi connectivity index (χ1) is 19.3. The van der Waals surface area contributed by atoms with Crippen LogP contribution >= 0.6 is 46.6 Å². The van der Waals surface area contributed by atoms with Gasteiger partial charge < -0.3 is 13.7 Å². The van der Waals surface area contributed by atoms with Gasteiger partial charge >= 0.3 is 22.1 Å². The highest BCUT2D eigenvalue weighted by atomic mass is 35.6. The van der Waals surface area contributed by atoms with Crippen molar-refractivity contribution in [3.63, 3.8) is 0 Å². The van der Waals surface area contributed by atoms with E-state index in [1.54, 1.807) is 48.5 Å². The van der Waals surface area contributed by atoms with E-state index >= 15 is 0 Å². The van der Waals surface area contributed by atoms with Crippen molar-refractivity contribution in [2.24, 2.45) is 0 Å². The topological polar surface area (TPSA) is 96.0 Å². The molecule has 0 amide bonds. The van der Waals surface area contributed by atoms with Gasteiger partial charge in [-0.15, -0.1) is 11.8 Å². The van der Waals surface area contributed by atoms with Crippen LogP contribution in [-0.4, -0.2) is 48.0 Å². The monoisotopic (exact) mass is 662 g/mol. The van der Waals surface area contributed by atoms with Crippen LogP contribution in [-0.2, 0) is 43.8 Å². The fraction of sp³-hybridized carbons (Fsp3) is 0.286. The number of carbonyl (C=O) groups excluding carboxylic acids is 2. The van der Waals surface area contributed by atoms with Gasteiger partial charge in [0.25, 0.3) is 0 Å². The molecule has 0 saturated heterocycles. The second-order valence-corrected chi connectivity index (χ2v) is 14.3. The number of esters is 2. The van der Waals surface area contributed by atoms with Crippen molar-refractivity contribution in [3.8, 4) is 5.75 Å². The summed E-state index contributed by atoms with van der Waals surface area (Å²) in [5.74, 6) is -0.707. The van der Waals surface area contributed by atoms with E-state index < -0.39 is 37.7 Å². The van der Waals surface area contributed by atoms with Gasteiger partial charge in [-0.05, 0) is 71.7 Å². The number of alkyl halides is 3. The molecule has 0 aliphatic rings. The van der Waals surface area contributed by atoms with Crippen molar-refractivity contribution in [2.45, 2.75) is 28.5 Å². The molecule has 0 spiro atoms. The highest BCUT2D eigenvalue weighted by Gasteiger charge is 2.27. The van der Waals surface area contributed by atoms with Gasteiger partial charge in [0.15, 0.2) is 0 Å². The number of aryl methyl sites for hydroxylation is 1. The molecule has 0 aliphatic heterocycles. The third-order valence-electron chi connectivity index (χ3n) is 5.42. The van der Waals surface area contributed by atoms with Gasteiger partial charge in [0.2, 0.25) is 3.79 Å². The SMILES string of the molecule is CS(=O)(=O)Oc1ccc(COC(=O)c2ccc(CC(SCCc3ccc(F)cc3)C(=O)OCC(Cl)(Cl)Cl)cc2)cc1. The average Bonchev–Trinajstić information content (AvgIpc) is 2.91. The van der Waals surface area contributed by atoms with E-state index in [0.29, 0.717) is 29.7 Å². The van der Waals surface area contributed by atoms with Crippen molar-refractivity contribution in [3.05, 3.63) is 101 Å². The lowest BCUT2D eigenvalue weighted by Gasteiger charge is -2.18. The van der Waals surface area contributed by atoms with Crippen LogP contribution in [0.2, 0.25) is 0 Å². The number of ether oxygens (including phenoxy) is 2. The standard InChI is InChI=1S/C28H26Cl3FO7S2/c1-41(35,36)39-24-12-6-21(7-13-24)17-37-26(33)22-8-2-20(3-9-22)16-25(27(34)38-18-28(29,30)31)40-15-14-19-4-10-23(32)11-5-19/h2-13,25H,14-18H2,1H3. The summed E-state index contributed by atoms with van der Waals surface area (Å²) in [6.07, 6.45) is 1.85. The maximum Gasteiger partial charge on any atom is 0.338 e. The second-order valence-electron chi connectivity index (χ2n) is 8.87. The second kappa shape index (κ2) is 15.1. The van der Waals surface area contributed by atoms with Crippen molar-refractivity contribution >= 4 is 68.6 Å². The van der Waals surface area contributed by atoms with Crippen LogP contribution in [0.3, 0.4) is 0 Å². The Kier molecular flexibility index (Phi) is 12.2. The molecule has 0 bridgehead atoms. The quantitative estimate of drug-likeness (QED) is 0.119. The van der Waals surface area contributed by atoms with E-state index in [9.17, 15) is 22.4 Å². The zero-order valence-electron chi connectivity index (χ0n) is 21.7. The normalized spacial score (nSPS) is 12.4. The Morgan fingerprint density at radius 2 is 1.46 bits per heavy atom. The molecule has 3 aromatic carbocycles. The fourth-order valence-corrected chi connectivity index (χ4v) is 5.24. The van der Waals surface area contributed by atoms with Crippen LogP contribution in [0.5, 0.6) is 5.75 Å². The van der Waals surface area contributed by atoms with E-state index in [-0.39, 0.29) is 18.2 Å². The van der Waals surface area contributed by atoms with E-state index in [0.717, 1.165) is 17.4 Å². The van der Waals surface area contributed by atoms with Crippen molar-refractivity contribution in [2.75, 3.05) is 18.6 Å². The van der Waals surface area contributed by atoms with Crippen LogP contribution < -0.4 is 4.18 Å². The van der Waals surface area contributed by atoms with Gasteiger partial charge in [0, 0.05) is 0 Å². The van der Waals surface area contributed by atoms with Crippen molar-refractivity contribution < 1.29 is 36.1 Å². The molecular weight excluding hydrogens is 638 g/mol. The molecule has 0 heterocycles. The maximum absolute atomic E-state index is 13.2. The minimum absolute atomic E-state index is 0.0262. The molecule has 1 unspecified atom stereocenters. The minimum Gasteiger partial charge on any atom is -0.460 e. The largest absolute Gasteiger partial charge is 0.460 e. The summed E-state index contributed by atoms with van der Waals surface area (Å²) in [6.45, 7) is -0.425. The Balaban J connectivity index is 1.57. The van der Waals surface area contributed by atoms with Crippen LogP contribution in [0.4, 0.5) is 4.39 Å². The van der Waals surface area contributed by atoms with Gasteiger partial charge in [0.1, 0.15) is 30.0 Å². The number of thioether (sulfide) groups is 1. The summed E-state index contributed by atoms with van der Waals surface area (Å²) in [4.78, 5) is 25.3. The molecule has 1 atom stereocenters. The molecule has 0 saturated carbocycles. The Morgan fingerprint density at radius 1 is 0.878 bits per heavy atom. The Morgan fingerprint density at radius 3 is 2.05 bits per heavy atom. The predicted octanol–water partition coefficient (Wildman–Crippen LogP) is 6.32. The molecule has 0 radical (unpaired) electrons. The number of benzene rings is 3. The summed E-state index contributed by atoms with van der Waals surface area (Å²) in [5.41, 5.74) is 2.65. The molecule has 41 heavy (non-hydrogen) atoms. The summed E-state index contributed by atoms with van der Waals surface area (Å²) < 4.78 is 49.2. The van der Waals surface area contributed by atoms with Crippen LogP contribution in [0.15, 0.2) is 72.8 Å². The first-order valence-corrected chi connectivity index (χ1v) is 16.1. The third kappa shape index (κ3) is 12.5. The lowest BCUT2D eigenvalue weighted by atomic mass is 10.1. The Bertz CT molecular complexity index is 1410. The van der Waals surface area contributed by atoms with E-state index in [2.05, 4.69) is 0 Å². The lowest BCUT2D eigenvalue weighted by molar-refractivity contribution is -0.142. The highest BCUT2D eigenvalue weighted by Crippen LogP contribution is 2.27. The molecule has 0 aliphatic carbocycles. The molecule has 0 fully saturated rings. The zero-order valence-corrected chi connectivity index (χ0v) is 25.6. The lowest BCUT2D eigenvalue weighted by Crippen LogP contribution is -2.27. The zero-order chi connectivity index (χ0) is 30.0. The van der Waals surface area contributed by atoms with Crippen LogP contribution in [0.1, 0.15) is 27.0 Å². The average molecular weight is 664 g/mol. The van der Waals surface area contributed by atoms with Gasteiger partial charge in [-0.3, -0.25) is 4.79 Å². The molecule has 3 rings (SSSR count). The molecular formula is C28H26Cl3FO7S2. The highest BCUT2D eigenvalue weighted by molar-refractivity contribution is 8.00. The summed E-state index contributed by atoms with van der Waals surface area (Å²) in [7, 11) is -3.63. The molecule has 220 valence electrons.